The van der Waals surface area contributed by atoms with Gasteiger partial charge in [0.15, 0.2) is 5.96 Å². The molecule has 0 unspecified atom stereocenters. The number of nitrogens with zero attached hydrogens (tertiary/aromatic N) is 1. The molecule has 0 spiro atoms. The molecule has 0 aliphatic carbocycles. The van der Waals surface area contributed by atoms with Crippen LogP contribution in [0, 0.1) is 0 Å². The van der Waals surface area contributed by atoms with Crippen LogP contribution in [0.25, 0.3) is 0 Å². The number of halogens is 3. The fourth-order valence-electron chi connectivity index (χ4n) is 1.37. The molecule has 0 saturated carbocycles. The minimum absolute atomic E-state index is 0. The summed E-state index contributed by atoms with van der Waals surface area (Å²) in [5, 5.41) is 4.31. The first kappa shape index (κ1) is 18.5. The van der Waals surface area contributed by atoms with Gasteiger partial charge in [0.05, 0.1) is 6.54 Å². The van der Waals surface area contributed by atoms with E-state index < -0.39 is 0 Å². The molecule has 1 rings (SSSR count). The van der Waals surface area contributed by atoms with E-state index in [0.717, 1.165) is 17.6 Å². The van der Waals surface area contributed by atoms with Crippen LogP contribution < -0.4 is 11.1 Å². The van der Waals surface area contributed by atoms with Crippen molar-refractivity contribution in [1.29, 1.82) is 0 Å². The number of hydrogen-bond acceptors (Lipinski definition) is 1. The summed E-state index contributed by atoms with van der Waals surface area (Å²) in [7, 11) is 0. The molecule has 0 heterocycles. The monoisotopic (exact) mass is 413 g/mol. The lowest BCUT2D eigenvalue weighted by Gasteiger charge is -2.06. The van der Waals surface area contributed by atoms with Crippen LogP contribution in [0.3, 0.4) is 0 Å². The Morgan fingerprint density at radius 3 is 2.42 bits per heavy atom. The quantitative estimate of drug-likeness (QED) is 0.335. The number of benzene rings is 1. The van der Waals surface area contributed by atoms with E-state index in [9.17, 15) is 0 Å². The van der Waals surface area contributed by atoms with Gasteiger partial charge < -0.3 is 11.1 Å². The standard InChI is InChI=1S/C13H17Cl2N3.HI/c1-9(2)8-18-13(16)17-4-3-10-5-11(14)7-12(15)6-10;/h5-7H,1,3-4,8H2,2H3,(H3,16,17,18);1H. The van der Waals surface area contributed by atoms with Gasteiger partial charge in [-0.15, -0.1) is 24.0 Å². The maximum absolute atomic E-state index is 5.91. The van der Waals surface area contributed by atoms with Gasteiger partial charge in [-0.25, -0.2) is 4.99 Å². The minimum atomic E-state index is 0. The molecule has 0 atom stereocenters. The molecule has 19 heavy (non-hydrogen) atoms. The van der Waals surface area contributed by atoms with E-state index in [2.05, 4.69) is 16.9 Å². The molecule has 1 aromatic carbocycles. The molecule has 0 aliphatic rings. The summed E-state index contributed by atoms with van der Waals surface area (Å²) >= 11 is 11.8. The highest BCUT2D eigenvalue weighted by Gasteiger charge is 1.99. The second-order valence-corrected chi connectivity index (χ2v) is 4.99. The Kier molecular flexibility index (Phi) is 9.22. The Bertz CT molecular complexity index is 441. The fraction of sp³-hybridized carbons (Fsp3) is 0.308. The smallest absolute Gasteiger partial charge is 0.188 e. The zero-order valence-corrected chi connectivity index (χ0v) is 14.6. The Hall–Kier alpha value is -0.460. The molecular weight excluding hydrogens is 396 g/mol. The number of nitrogens with one attached hydrogen (secondary N) is 1. The summed E-state index contributed by atoms with van der Waals surface area (Å²) in [5.74, 6) is 0.422. The van der Waals surface area contributed by atoms with Crippen LogP contribution in [0.1, 0.15) is 12.5 Å². The van der Waals surface area contributed by atoms with Gasteiger partial charge in [-0.3, -0.25) is 0 Å². The summed E-state index contributed by atoms with van der Waals surface area (Å²) in [6.07, 6.45) is 0.781. The second-order valence-electron chi connectivity index (χ2n) is 4.11. The van der Waals surface area contributed by atoms with E-state index in [4.69, 9.17) is 28.9 Å². The first-order chi connectivity index (χ1) is 8.47. The Morgan fingerprint density at radius 1 is 1.32 bits per heavy atom. The first-order valence-electron chi connectivity index (χ1n) is 5.60. The van der Waals surface area contributed by atoms with E-state index >= 15 is 0 Å². The molecule has 3 N–H and O–H groups in total. The van der Waals surface area contributed by atoms with Crippen LogP contribution in [0.15, 0.2) is 35.3 Å². The van der Waals surface area contributed by atoms with E-state index in [1.54, 1.807) is 6.07 Å². The van der Waals surface area contributed by atoms with Crippen molar-refractivity contribution in [1.82, 2.24) is 5.32 Å². The van der Waals surface area contributed by atoms with Crippen molar-refractivity contribution in [2.45, 2.75) is 13.3 Å². The average molecular weight is 414 g/mol. The minimum Gasteiger partial charge on any atom is -0.370 e. The predicted molar refractivity (Wildman–Crippen MR) is 94.9 cm³/mol. The summed E-state index contributed by atoms with van der Waals surface area (Å²) in [4.78, 5) is 4.12. The average Bonchev–Trinajstić information content (AvgIpc) is 2.25. The van der Waals surface area contributed by atoms with E-state index in [0.29, 0.717) is 29.1 Å². The van der Waals surface area contributed by atoms with Crippen LogP contribution in [-0.4, -0.2) is 19.0 Å². The predicted octanol–water partition coefficient (Wildman–Crippen LogP) is 3.63. The van der Waals surface area contributed by atoms with Crippen molar-refractivity contribution >= 4 is 53.1 Å². The Balaban J connectivity index is 0.00000324. The summed E-state index contributed by atoms with van der Waals surface area (Å²) < 4.78 is 0. The van der Waals surface area contributed by atoms with Gasteiger partial charge in [-0.1, -0.05) is 35.4 Å². The summed E-state index contributed by atoms with van der Waals surface area (Å²) in [5.41, 5.74) is 7.73. The number of nitrogens with two attached hydrogens (primary N) is 1. The van der Waals surface area contributed by atoms with Crippen LogP contribution in [0.5, 0.6) is 0 Å². The van der Waals surface area contributed by atoms with Gasteiger partial charge in [0, 0.05) is 16.6 Å². The third kappa shape index (κ3) is 8.34. The van der Waals surface area contributed by atoms with Crippen molar-refractivity contribution in [3.05, 3.63) is 46.0 Å². The molecule has 6 heteroatoms. The van der Waals surface area contributed by atoms with E-state index in [-0.39, 0.29) is 24.0 Å². The molecule has 0 fully saturated rings. The maximum atomic E-state index is 5.91. The lowest BCUT2D eigenvalue weighted by atomic mass is 10.1. The van der Waals surface area contributed by atoms with Crippen molar-refractivity contribution in [3.63, 3.8) is 0 Å². The molecule has 106 valence electrons. The fourth-order valence-corrected chi connectivity index (χ4v) is 1.94. The van der Waals surface area contributed by atoms with Crippen LogP contribution in [-0.2, 0) is 6.42 Å². The molecule has 0 saturated heterocycles. The van der Waals surface area contributed by atoms with Gasteiger partial charge in [-0.2, -0.15) is 0 Å². The molecule has 0 amide bonds. The zero-order valence-electron chi connectivity index (χ0n) is 10.7. The Labute approximate surface area is 141 Å². The summed E-state index contributed by atoms with van der Waals surface area (Å²) in [6.45, 7) is 6.89. The van der Waals surface area contributed by atoms with Gasteiger partial charge >= 0.3 is 0 Å². The van der Waals surface area contributed by atoms with E-state index in [1.165, 1.54) is 0 Å². The van der Waals surface area contributed by atoms with Crippen molar-refractivity contribution in [2.24, 2.45) is 10.7 Å². The van der Waals surface area contributed by atoms with Crippen molar-refractivity contribution in [3.8, 4) is 0 Å². The highest BCUT2D eigenvalue weighted by molar-refractivity contribution is 14.0. The van der Waals surface area contributed by atoms with Gasteiger partial charge in [-0.05, 0) is 37.1 Å². The summed E-state index contributed by atoms with van der Waals surface area (Å²) in [6, 6.07) is 5.48. The Morgan fingerprint density at radius 2 is 1.89 bits per heavy atom. The number of rotatable bonds is 5. The van der Waals surface area contributed by atoms with Crippen LogP contribution in [0.4, 0.5) is 0 Å². The van der Waals surface area contributed by atoms with Crippen molar-refractivity contribution in [2.75, 3.05) is 13.1 Å². The van der Waals surface area contributed by atoms with Crippen molar-refractivity contribution < 1.29 is 0 Å². The number of guanidine groups is 1. The zero-order chi connectivity index (χ0) is 13.5. The van der Waals surface area contributed by atoms with Crippen LogP contribution in [0.2, 0.25) is 10.0 Å². The lowest BCUT2D eigenvalue weighted by molar-refractivity contribution is 0.852. The maximum Gasteiger partial charge on any atom is 0.188 e. The highest BCUT2D eigenvalue weighted by Crippen LogP contribution is 2.19. The molecule has 0 radical (unpaired) electrons. The van der Waals surface area contributed by atoms with Gasteiger partial charge in [0.2, 0.25) is 0 Å². The number of hydrogen-bond donors (Lipinski definition) is 2. The molecule has 3 nitrogen and oxygen atoms in total. The van der Waals surface area contributed by atoms with E-state index in [1.807, 2.05) is 19.1 Å². The van der Waals surface area contributed by atoms with Gasteiger partial charge in [0.25, 0.3) is 0 Å². The topological polar surface area (TPSA) is 50.4 Å². The van der Waals surface area contributed by atoms with Crippen LogP contribution >= 0.6 is 47.2 Å². The molecule has 0 bridgehead atoms. The third-order valence-electron chi connectivity index (χ3n) is 2.16. The van der Waals surface area contributed by atoms with Gasteiger partial charge in [0.1, 0.15) is 0 Å². The molecule has 0 aliphatic heterocycles. The molecule has 0 aromatic heterocycles. The second kappa shape index (κ2) is 9.44. The first-order valence-corrected chi connectivity index (χ1v) is 6.36. The molecular formula is C13H18Cl2IN3. The molecule has 1 aromatic rings. The number of aliphatic imine (C=N–C) groups is 1. The largest absolute Gasteiger partial charge is 0.370 e. The lowest BCUT2D eigenvalue weighted by Crippen LogP contribution is -2.33. The third-order valence-corrected chi connectivity index (χ3v) is 2.60. The normalized spacial score (nSPS) is 10.8. The highest BCUT2D eigenvalue weighted by atomic mass is 127. The SMILES string of the molecule is C=C(C)CN=C(N)NCCc1cc(Cl)cc(Cl)c1.I.